The maximum atomic E-state index is 12.9. The number of allylic oxidation sites excluding steroid dienone is 2. The molecule has 1 aliphatic heterocycles. The first kappa shape index (κ1) is 21.3. The molecule has 2 aliphatic carbocycles. The minimum absolute atomic E-state index is 0.0318. The fourth-order valence-corrected chi connectivity index (χ4v) is 5.29. The number of nitrogens with zero attached hydrogens (tertiary/aromatic N) is 3. The van der Waals surface area contributed by atoms with Crippen LogP contribution in [0.25, 0.3) is 0 Å². The van der Waals surface area contributed by atoms with E-state index in [1.165, 1.54) is 18.3 Å². The molecule has 8 nitrogen and oxygen atoms in total. The lowest BCUT2D eigenvalue weighted by molar-refractivity contribution is -0.385. The van der Waals surface area contributed by atoms with Gasteiger partial charge in [0.1, 0.15) is 6.61 Å². The third kappa shape index (κ3) is 3.70. The van der Waals surface area contributed by atoms with Crippen LogP contribution in [-0.2, 0) is 16.2 Å². The average molecular weight is 466 g/mol. The number of benzene rings is 2. The Bertz CT molecular complexity index is 1210. The molecule has 0 aromatic heterocycles. The van der Waals surface area contributed by atoms with Crippen LogP contribution in [0.3, 0.4) is 0 Å². The van der Waals surface area contributed by atoms with Crippen LogP contribution < -0.4 is 4.74 Å². The summed E-state index contributed by atoms with van der Waals surface area (Å²) in [6.45, 7) is 2.03. The number of ether oxygens (including phenoxy) is 1. The van der Waals surface area contributed by atoms with Crippen molar-refractivity contribution in [3.63, 3.8) is 0 Å². The van der Waals surface area contributed by atoms with Crippen LogP contribution in [0.1, 0.15) is 23.1 Å². The van der Waals surface area contributed by atoms with Gasteiger partial charge in [0.2, 0.25) is 5.75 Å². The fraction of sp³-hybridized carbons (Fsp3) is 0.292. The second-order valence-electron chi connectivity index (χ2n) is 8.61. The summed E-state index contributed by atoms with van der Waals surface area (Å²) in [4.78, 5) is 36.8. The molecule has 1 saturated heterocycles. The second-order valence-corrected chi connectivity index (χ2v) is 9.05. The van der Waals surface area contributed by atoms with E-state index in [1.54, 1.807) is 0 Å². The fourth-order valence-electron chi connectivity index (χ4n) is 5.07. The lowest BCUT2D eigenvalue weighted by atomic mass is 9.85. The van der Waals surface area contributed by atoms with Gasteiger partial charge in [-0.2, -0.15) is 10.1 Å². The van der Waals surface area contributed by atoms with E-state index in [0.717, 1.165) is 22.6 Å². The standard InChI is InChI=1S/C24H20ClN3O5/c1-13-3-2-4-14(7-13)12-33-22-17(9-18(25)10-19(22)28(31)32)11-26-27-23(29)20-15-5-6-16(8-15)21(20)24(27)30/h2-7,9-11,15-16,20-21H,8,12H2,1H3. The zero-order valence-corrected chi connectivity index (χ0v) is 18.4. The van der Waals surface area contributed by atoms with Gasteiger partial charge >= 0.3 is 5.69 Å². The van der Waals surface area contributed by atoms with Gasteiger partial charge < -0.3 is 4.74 Å². The van der Waals surface area contributed by atoms with E-state index in [-0.39, 0.29) is 64.1 Å². The Morgan fingerprint density at radius 1 is 1.18 bits per heavy atom. The van der Waals surface area contributed by atoms with E-state index >= 15 is 0 Å². The highest BCUT2D eigenvalue weighted by molar-refractivity contribution is 6.31. The maximum Gasteiger partial charge on any atom is 0.313 e. The topological polar surface area (TPSA) is 102 Å². The predicted octanol–water partition coefficient (Wildman–Crippen LogP) is 4.28. The van der Waals surface area contributed by atoms with Crippen LogP contribution in [0.5, 0.6) is 5.75 Å². The number of nitro groups is 1. The molecular weight excluding hydrogens is 446 g/mol. The van der Waals surface area contributed by atoms with Crippen LogP contribution in [-0.4, -0.2) is 28.0 Å². The Kier molecular flexibility index (Phi) is 5.25. The van der Waals surface area contributed by atoms with Gasteiger partial charge in [-0.05, 0) is 36.8 Å². The number of nitro benzene ring substituents is 1. The number of imide groups is 1. The van der Waals surface area contributed by atoms with Crippen LogP contribution in [0.15, 0.2) is 53.7 Å². The number of carbonyl (C=O) groups excluding carboxylic acids is 2. The third-order valence-electron chi connectivity index (χ3n) is 6.48. The van der Waals surface area contributed by atoms with E-state index in [0.29, 0.717) is 0 Å². The van der Waals surface area contributed by atoms with Gasteiger partial charge in [-0.25, -0.2) is 0 Å². The van der Waals surface area contributed by atoms with Crippen molar-refractivity contribution in [3.8, 4) is 5.75 Å². The van der Waals surface area contributed by atoms with Gasteiger partial charge in [-0.15, -0.1) is 0 Å². The normalized spacial score (nSPS) is 25.3. The van der Waals surface area contributed by atoms with Crippen LogP contribution in [0.4, 0.5) is 5.69 Å². The number of rotatable bonds is 6. The number of hydrogen-bond donors (Lipinski definition) is 0. The minimum Gasteiger partial charge on any atom is -0.481 e. The first-order valence-electron chi connectivity index (χ1n) is 10.6. The predicted molar refractivity (Wildman–Crippen MR) is 121 cm³/mol. The summed E-state index contributed by atoms with van der Waals surface area (Å²) >= 11 is 6.10. The molecule has 4 unspecified atom stereocenters. The number of aryl methyl sites for hydroxylation is 1. The molecule has 3 aliphatic rings. The largest absolute Gasteiger partial charge is 0.481 e. The van der Waals surface area contributed by atoms with Gasteiger partial charge in [-0.3, -0.25) is 19.7 Å². The Balaban J connectivity index is 1.45. The van der Waals surface area contributed by atoms with Gasteiger partial charge in [0.15, 0.2) is 0 Å². The number of hydrazone groups is 1. The van der Waals surface area contributed by atoms with Gasteiger partial charge in [0.25, 0.3) is 11.8 Å². The van der Waals surface area contributed by atoms with Gasteiger partial charge in [0, 0.05) is 16.7 Å². The van der Waals surface area contributed by atoms with Crippen LogP contribution in [0.2, 0.25) is 5.02 Å². The van der Waals surface area contributed by atoms with Crippen molar-refractivity contribution in [2.24, 2.45) is 28.8 Å². The second kappa shape index (κ2) is 8.12. The van der Waals surface area contributed by atoms with Crippen molar-refractivity contribution in [3.05, 3.63) is 80.4 Å². The van der Waals surface area contributed by atoms with E-state index < -0.39 is 4.92 Å². The smallest absolute Gasteiger partial charge is 0.313 e. The molecule has 2 aromatic rings. The Morgan fingerprint density at radius 2 is 1.88 bits per heavy atom. The maximum absolute atomic E-state index is 12.9. The molecule has 1 saturated carbocycles. The highest BCUT2D eigenvalue weighted by Gasteiger charge is 2.59. The Hall–Kier alpha value is -3.52. The molecule has 2 fully saturated rings. The molecule has 0 spiro atoms. The molecule has 2 aromatic carbocycles. The number of amides is 2. The first-order chi connectivity index (χ1) is 15.8. The average Bonchev–Trinajstić information content (AvgIpc) is 3.45. The van der Waals surface area contributed by atoms with Crippen molar-refractivity contribution < 1.29 is 19.2 Å². The lowest BCUT2D eigenvalue weighted by Gasteiger charge is -2.13. The Morgan fingerprint density at radius 3 is 2.52 bits per heavy atom. The summed E-state index contributed by atoms with van der Waals surface area (Å²) in [6.07, 6.45) is 6.06. The number of carbonyl (C=O) groups is 2. The summed E-state index contributed by atoms with van der Waals surface area (Å²) in [5, 5.41) is 16.8. The van der Waals surface area contributed by atoms with Crippen LogP contribution in [0, 0.1) is 40.7 Å². The third-order valence-corrected chi connectivity index (χ3v) is 6.70. The van der Waals surface area contributed by atoms with E-state index in [4.69, 9.17) is 16.3 Å². The zero-order valence-electron chi connectivity index (χ0n) is 17.7. The molecule has 33 heavy (non-hydrogen) atoms. The highest BCUT2D eigenvalue weighted by Crippen LogP contribution is 2.52. The van der Waals surface area contributed by atoms with Crippen molar-refractivity contribution in [2.45, 2.75) is 20.0 Å². The number of fused-ring (bicyclic) bond motifs is 5. The molecule has 1 heterocycles. The van der Waals surface area contributed by atoms with Crippen molar-refractivity contribution in [2.75, 3.05) is 0 Å². The summed E-state index contributed by atoms with van der Waals surface area (Å²) < 4.78 is 5.82. The number of hydrogen-bond acceptors (Lipinski definition) is 6. The van der Waals surface area contributed by atoms with E-state index in [1.807, 2.05) is 43.3 Å². The van der Waals surface area contributed by atoms with Gasteiger partial charge in [-0.1, -0.05) is 53.6 Å². The zero-order chi connectivity index (χ0) is 23.3. The molecule has 2 bridgehead atoms. The van der Waals surface area contributed by atoms with Crippen LogP contribution >= 0.6 is 11.6 Å². The molecule has 9 heteroatoms. The van der Waals surface area contributed by atoms with Gasteiger partial charge in [0.05, 0.1) is 23.0 Å². The lowest BCUT2D eigenvalue weighted by Crippen LogP contribution is -2.28. The van der Waals surface area contributed by atoms with Crippen molar-refractivity contribution in [1.82, 2.24) is 5.01 Å². The summed E-state index contributed by atoms with van der Waals surface area (Å²) in [5.74, 6) is -1.33. The first-order valence-corrected chi connectivity index (χ1v) is 11.0. The summed E-state index contributed by atoms with van der Waals surface area (Å²) in [7, 11) is 0. The SMILES string of the molecule is Cc1cccc(COc2c(C=NN3C(=O)C4C5C=CC(C5)C4C3=O)cc(Cl)cc2[N+](=O)[O-])c1. The molecule has 4 atom stereocenters. The Labute approximate surface area is 194 Å². The molecule has 0 radical (unpaired) electrons. The highest BCUT2D eigenvalue weighted by atomic mass is 35.5. The minimum atomic E-state index is -0.589. The monoisotopic (exact) mass is 465 g/mol. The van der Waals surface area contributed by atoms with Crippen molar-refractivity contribution >= 4 is 35.3 Å². The van der Waals surface area contributed by atoms with E-state index in [2.05, 4.69) is 5.10 Å². The van der Waals surface area contributed by atoms with Crippen molar-refractivity contribution in [1.29, 1.82) is 0 Å². The molecule has 2 amide bonds. The number of halogens is 1. The molecule has 0 N–H and O–H groups in total. The summed E-state index contributed by atoms with van der Waals surface area (Å²) in [5.41, 5.74) is 1.75. The summed E-state index contributed by atoms with van der Waals surface area (Å²) in [6, 6.07) is 10.2. The molecule has 5 rings (SSSR count). The van der Waals surface area contributed by atoms with E-state index in [9.17, 15) is 19.7 Å². The quantitative estimate of drug-likeness (QED) is 0.208. The molecule has 168 valence electrons. The molecular formula is C24H20ClN3O5.